The molecule has 6 heteroatoms. The first-order valence-electron chi connectivity index (χ1n) is 10.5. The number of hydrogen-bond acceptors (Lipinski definition) is 6. The highest BCUT2D eigenvalue weighted by atomic mass is 16.5. The zero-order valence-corrected chi connectivity index (χ0v) is 18.6. The van der Waals surface area contributed by atoms with Crippen LogP contribution in [0.5, 0.6) is 17.2 Å². The van der Waals surface area contributed by atoms with Crippen molar-refractivity contribution in [3.63, 3.8) is 0 Å². The molecule has 0 amide bonds. The molecule has 1 aliphatic rings. The lowest BCUT2D eigenvalue weighted by atomic mass is 10.0. The molecule has 0 saturated carbocycles. The molecule has 2 aromatic carbocycles. The van der Waals surface area contributed by atoms with Crippen LogP contribution in [0.15, 0.2) is 36.4 Å². The molecule has 1 unspecified atom stereocenters. The summed E-state index contributed by atoms with van der Waals surface area (Å²) in [5.41, 5.74) is 3.80. The van der Waals surface area contributed by atoms with Gasteiger partial charge in [0, 0.05) is 45.4 Å². The van der Waals surface area contributed by atoms with Gasteiger partial charge in [0.05, 0.1) is 21.3 Å². The van der Waals surface area contributed by atoms with Crippen molar-refractivity contribution in [2.75, 3.05) is 47.6 Å². The summed E-state index contributed by atoms with van der Waals surface area (Å²) in [6, 6.07) is 12.9. The highest BCUT2D eigenvalue weighted by Gasteiger charge is 2.27. The summed E-state index contributed by atoms with van der Waals surface area (Å²) in [4.78, 5) is 4.94. The highest BCUT2D eigenvalue weighted by Crippen LogP contribution is 2.38. The summed E-state index contributed by atoms with van der Waals surface area (Å²) in [5.74, 6) is 1.97. The fraction of sp³-hybridized carbons (Fsp3) is 0.500. The molecule has 0 aromatic heterocycles. The Morgan fingerprint density at radius 2 is 1.67 bits per heavy atom. The second-order valence-electron chi connectivity index (χ2n) is 7.83. The first-order valence-corrected chi connectivity index (χ1v) is 10.5. The molecule has 1 aliphatic heterocycles. The van der Waals surface area contributed by atoms with E-state index in [4.69, 9.17) is 14.2 Å². The minimum absolute atomic E-state index is 0.201. The Balaban J connectivity index is 1.71. The van der Waals surface area contributed by atoms with Gasteiger partial charge in [-0.2, -0.15) is 0 Å². The maximum Gasteiger partial charge on any atom is 0.203 e. The van der Waals surface area contributed by atoms with Crippen LogP contribution < -0.4 is 14.2 Å². The van der Waals surface area contributed by atoms with Crippen LogP contribution in [-0.2, 0) is 13.1 Å². The molecular weight excluding hydrogens is 380 g/mol. The summed E-state index contributed by atoms with van der Waals surface area (Å²) in [7, 11) is 4.90. The van der Waals surface area contributed by atoms with Gasteiger partial charge >= 0.3 is 0 Å². The zero-order chi connectivity index (χ0) is 21.5. The third-order valence-corrected chi connectivity index (χ3v) is 5.92. The molecule has 1 heterocycles. The van der Waals surface area contributed by atoms with Gasteiger partial charge in [-0.05, 0) is 42.2 Å². The fourth-order valence-electron chi connectivity index (χ4n) is 4.22. The van der Waals surface area contributed by atoms with Gasteiger partial charge in [0.15, 0.2) is 11.5 Å². The zero-order valence-electron chi connectivity index (χ0n) is 18.6. The van der Waals surface area contributed by atoms with Crippen LogP contribution in [0.3, 0.4) is 0 Å². The Morgan fingerprint density at radius 1 is 0.967 bits per heavy atom. The van der Waals surface area contributed by atoms with Gasteiger partial charge in [-0.1, -0.05) is 24.3 Å². The second-order valence-corrected chi connectivity index (χ2v) is 7.83. The Hall–Kier alpha value is -2.28. The molecular formula is C24H34N2O4. The van der Waals surface area contributed by atoms with Gasteiger partial charge in [0.1, 0.15) is 0 Å². The number of hydrogen-bond donors (Lipinski definition) is 1. The van der Waals surface area contributed by atoms with Crippen LogP contribution in [-0.4, -0.2) is 68.5 Å². The fourth-order valence-corrected chi connectivity index (χ4v) is 4.22. The van der Waals surface area contributed by atoms with Crippen molar-refractivity contribution in [3.8, 4) is 17.2 Å². The lowest BCUT2D eigenvalue weighted by molar-refractivity contribution is 0.0498. The molecule has 164 valence electrons. The molecule has 30 heavy (non-hydrogen) atoms. The first kappa shape index (κ1) is 22.4. The van der Waals surface area contributed by atoms with Crippen LogP contribution in [0.4, 0.5) is 0 Å². The topological polar surface area (TPSA) is 54.4 Å². The summed E-state index contributed by atoms with van der Waals surface area (Å²) in [6.45, 7) is 6.97. The van der Waals surface area contributed by atoms with E-state index in [0.717, 1.165) is 44.7 Å². The molecule has 1 atom stereocenters. The smallest absolute Gasteiger partial charge is 0.203 e. The van der Waals surface area contributed by atoms with E-state index in [1.807, 2.05) is 12.1 Å². The van der Waals surface area contributed by atoms with Crippen molar-refractivity contribution >= 4 is 0 Å². The first-order chi connectivity index (χ1) is 14.6. The van der Waals surface area contributed by atoms with E-state index in [1.165, 1.54) is 11.1 Å². The van der Waals surface area contributed by atoms with Crippen molar-refractivity contribution in [2.45, 2.75) is 32.5 Å². The molecule has 0 spiro atoms. The highest BCUT2D eigenvalue weighted by molar-refractivity contribution is 5.53. The molecule has 6 nitrogen and oxygen atoms in total. The Bertz CT molecular complexity index is 802. The maximum atomic E-state index is 9.64. The third kappa shape index (κ3) is 5.25. The molecule has 0 radical (unpaired) electrons. The molecule has 1 N–H and O–H groups in total. The summed E-state index contributed by atoms with van der Waals surface area (Å²) >= 11 is 0. The Morgan fingerprint density at radius 3 is 2.27 bits per heavy atom. The van der Waals surface area contributed by atoms with Crippen LogP contribution >= 0.6 is 0 Å². The summed E-state index contributed by atoms with van der Waals surface area (Å²) < 4.78 is 16.4. The number of benzene rings is 2. The van der Waals surface area contributed by atoms with Gasteiger partial charge in [-0.15, -0.1) is 0 Å². The van der Waals surface area contributed by atoms with Crippen LogP contribution in [0.25, 0.3) is 0 Å². The van der Waals surface area contributed by atoms with Gasteiger partial charge in [0.2, 0.25) is 5.75 Å². The number of rotatable bonds is 9. The van der Waals surface area contributed by atoms with Gasteiger partial charge in [-0.25, -0.2) is 0 Å². The molecule has 1 fully saturated rings. The minimum Gasteiger partial charge on any atom is -0.493 e. The lowest BCUT2D eigenvalue weighted by Gasteiger charge is -2.41. The SMILES string of the molecule is COc1cc(CN2CCN(Cc3ccccc3C)C(CCO)C2)cc(OC)c1OC. The Labute approximate surface area is 180 Å². The van der Waals surface area contributed by atoms with Gasteiger partial charge in [0.25, 0.3) is 0 Å². The number of aryl methyl sites for hydroxylation is 1. The summed E-state index contributed by atoms with van der Waals surface area (Å²) in [6.07, 6.45) is 0.775. The van der Waals surface area contributed by atoms with E-state index in [9.17, 15) is 5.11 Å². The number of nitrogens with zero attached hydrogens (tertiary/aromatic N) is 2. The van der Waals surface area contributed by atoms with Crippen molar-refractivity contribution < 1.29 is 19.3 Å². The Kier molecular flexibility index (Phi) is 7.96. The van der Waals surface area contributed by atoms with E-state index in [1.54, 1.807) is 21.3 Å². The second kappa shape index (κ2) is 10.7. The number of ether oxygens (including phenoxy) is 3. The van der Waals surface area contributed by atoms with Gasteiger partial charge < -0.3 is 19.3 Å². The van der Waals surface area contributed by atoms with E-state index >= 15 is 0 Å². The van der Waals surface area contributed by atoms with Crippen molar-refractivity contribution in [3.05, 3.63) is 53.1 Å². The average molecular weight is 415 g/mol. The monoisotopic (exact) mass is 414 g/mol. The van der Waals surface area contributed by atoms with Gasteiger partial charge in [-0.3, -0.25) is 9.80 Å². The average Bonchev–Trinajstić information content (AvgIpc) is 2.76. The molecule has 3 rings (SSSR count). The van der Waals surface area contributed by atoms with E-state index in [-0.39, 0.29) is 6.61 Å². The number of methoxy groups -OCH3 is 3. The van der Waals surface area contributed by atoms with Crippen molar-refractivity contribution in [2.24, 2.45) is 0 Å². The predicted octanol–water partition coefficient (Wildman–Crippen LogP) is 3.09. The lowest BCUT2D eigenvalue weighted by Crippen LogP contribution is -2.52. The standard InChI is InChI=1S/C24H34N2O4/c1-18-7-5-6-8-20(18)16-26-11-10-25(17-21(26)9-12-27)15-19-13-22(28-2)24(30-4)23(14-19)29-3/h5-8,13-14,21,27H,9-12,15-17H2,1-4H3. The number of piperazine rings is 1. The third-order valence-electron chi connectivity index (χ3n) is 5.92. The normalized spacial score (nSPS) is 17.7. The maximum absolute atomic E-state index is 9.64. The minimum atomic E-state index is 0.201. The van der Waals surface area contributed by atoms with Crippen LogP contribution in [0.2, 0.25) is 0 Å². The molecule has 1 saturated heterocycles. The van der Waals surface area contributed by atoms with Crippen molar-refractivity contribution in [1.82, 2.24) is 9.80 Å². The van der Waals surface area contributed by atoms with E-state index < -0.39 is 0 Å². The quantitative estimate of drug-likeness (QED) is 0.681. The molecule has 2 aromatic rings. The number of aliphatic hydroxyl groups excluding tert-OH is 1. The number of aliphatic hydroxyl groups is 1. The summed E-state index contributed by atoms with van der Waals surface area (Å²) in [5, 5.41) is 9.64. The van der Waals surface area contributed by atoms with E-state index in [2.05, 4.69) is 41.0 Å². The molecule has 0 aliphatic carbocycles. The van der Waals surface area contributed by atoms with Crippen molar-refractivity contribution in [1.29, 1.82) is 0 Å². The largest absolute Gasteiger partial charge is 0.493 e. The van der Waals surface area contributed by atoms with Crippen LogP contribution in [0.1, 0.15) is 23.1 Å². The molecule has 0 bridgehead atoms. The van der Waals surface area contributed by atoms with Crippen LogP contribution in [0, 0.1) is 6.92 Å². The van der Waals surface area contributed by atoms with E-state index in [0.29, 0.717) is 23.3 Å². The predicted molar refractivity (Wildman–Crippen MR) is 118 cm³/mol.